The molecule has 0 saturated heterocycles. The van der Waals surface area contributed by atoms with Gasteiger partial charge in [0.1, 0.15) is 17.9 Å². The van der Waals surface area contributed by atoms with Gasteiger partial charge in [0.05, 0.1) is 13.3 Å². The minimum atomic E-state index is -5.42. The highest BCUT2D eigenvalue weighted by molar-refractivity contribution is 5.48. The van der Waals surface area contributed by atoms with Gasteiger partial charge in [0.15, 0.2) is 11.5 Å². The molecule has 0 aliphatic rings. The molecule has 1 aromatic rings. The van der Waals surface area contributed by atoms with Gasteiger partial charge >= 0.3 is 12.5 Å². The van der Waals surface area contributed by atoms with Crippen LogP contribution >= 0.6 is 0 Å². The van der Waals surface area contributed by atoms with Crippen molar-refractivity contribution in [2.24, 2.45) is 0 Å². The average molecular weight is 293 g/mol. The van der Waals surface area contributed by atoms with Crippen LogP contribution in [0.5, 0.6) is 11.5 Å². The summed E-state index contributed by atoms with van der Waals surface area (Å²) in [5.41, 5.74) is -2.99. The number of ether oxygens (including phenoxy) is 2. The zero-order valence-corrected chi connectivity index (χ0v) is 9.19. The molecule has 0 amide bonds. The van der Waals surface area contributed by atoms with Crippen molar-refractivity contribution in [1.82, 2.24) is 4.98 Å². The normalized spacial score (nSPS) is 12.4. The smallest absolute Gasteiger partial charge is 0.494 e. The Labute approximate surface area is 101 Å². The van der Waals surface area contributed by atoms with Gasteiger partial charge < -0.3 is 9.47 Å². The topological polar surface area (TPSA) is 31.4 Å². The van der Waals surface area contributed by atoms with E-state index in [2.05, 4.69) is 14.5 Å². The predicted molar refractivity (Wildman–Crippen MR) is 47.3 cm³/mol. The standard InChI is InChI=1S/C9H6F7NO2/c1-18-5-3-17-4(2-10)7(19-9(14,15)16)6(5)8(11,12)13/h3H,2H2,1H3. The highest BCUT2D eigenvalue weighted by Gasteiger charge is 2.43. The van der Waals surface area contributed by atoms with Crippen LogP contribution in [0.2, 0.25) is 0 Å². The molecule has 0 unspecified atom stereocenters. The lowest BCUT2D eigenvalue weighted by molar-refractivity contribution is -0.276. The molecule has 1 rings (SSSR count). The fourth-order valence-corrected chi connectivity index (χ4v) is 1.26. The summed E-state index contributed by atoms with van der Waals surface area (Å²) in [7, 11) is 0.804. The second-order valence-electron chi connectivity index (χ2n) is 3.16. The van der Waals surface area contributed by atoms with Gasteiger partial charge in [0.25, 0.3) is 0 Å². The quantitative estimate of drug-likeness (QED) is 0.800. The number of nitrogens with zero attached hydrogens (tertiary/aromatic N) is 1. The molecule has 10 heteroatoms. The number of aromatic nitrogens is 1. The minimum absolute atomic E-state index is 0.473. The summed E-state index contributed by atoms with van der Waals surface area (Å²) in [6.45, 7) is -1.65. The highest BCUT2D eigenvalue weighted by Crippen LogP contribution is 2.45. The van der Waals surface area contributed by atoms with Crippen molar-refractivity contribution in [2.75, 3.05) is 7.11 Å². The number of hydrogen-bond acceptors (Lipinski definition) is 3. The van der Waals surface area contributed by atoms with Crippen molar-refractivity contribution in [3.8, 4) is 11.5 Å². The molecule has 0 fully saturated rings. The van der Waals surface area contributed by atoms with Crippen LogP contribution in [0.3, 0.4) is 0 Å². The third-order valence-electron chi connectivity index (χ3n) is 1.92. The van der Waals surface area contributed by atoms with Crippen LogP contribution in [0.25, 0.3) is 0 Å². The molecule has 1 heterocycles. The van der Waals surface area contributed by atoms with E-state index in [9.17, 15) is 30.7 Å². The maximum atomic E-state index is 12.7. The van der Waals surface area contributed by atoms with Crippen LogP contribution in [0.1, 0.15) is 11.3 Å². The molecular formula is C9H6F7NO2. The molecule has 0 spiro atoms. The van der Waals surface area contributed by atoms with Crippen LogP contribution < -0.4 is 9.47 Å². The Morgan fingerprint density at radius 3 is 2.11 bits per heavy atom. The minimum Gasteiger partial charge on any atom is -0.494 e. The molecule has 0 bridgehead atoms. The SMILES string of the molecule is COc1cnc(CF)c(OC(F)(F)F)c1C(F)(F)F. The largest absolute Gasteiger partial charge is 0.573 e. The van der Waals surface area contributed by atoms with Crippen LogP contribution in [0.4, 0.5) is 30.7 Å². The summed E-state index contributed by atoms with van der Waals surface area (Å²) < 4.78 is 94.3. The molecule has 3 nitrogen and oxygen atoms in total. The van der Waals surface area contributed by atoms with Gasteiger partial charge in [-0.15, -0.1) is 13.2 Å². The maximum Gasteiger partial charge on any atom is 0.573 e. The molecule has 1 aromatic heterocycles. The van der Waals surface area contributed by atoms with E-state index in [0.29, 0.717) is 6.20 Å². The van der Waals surface area contributed by atoms with Crippen LogP contribution in [0, 0.1) is 0 Å². The molecule has 0 aromatic carbocycles. The van der Waals surface area contributed by atoms with E-state index in [-0.39, 0.29) is 0 Å². The zero-order chi connectivity index (χ0) is 14.8. The lowest BCUT2D eigenvalue weighted by Crippen LogP contribution is -2.22. The van der Waals surface area contributed by atoms with Crippen molar-refractivity contribution < 1.29 is 40.2 Å². The summed E-state index contributed by atoms with van der Waals surface area (Å²) >= 11 is 0. The first-order valence-corrected chi connectivity index (χ1v) is 4.55. The van der Waals surface area contributed by atoms with Gasteiger partial charge in [-0.25, -0.2) is 4.39 Å². The van der Waals surface area contributed by atoms with E-state index >= 15 is 0 Å². The zero-order valence-electron chi connectivity index (χ0n) is 9.19. The van der Waals surface area contributed by atoms with Crippen LogP contribution in [0.15, 0.2) is 6.20 Å². The fraction of sp³-hybridized carbons (Fsp3) is 0.444. The first kappa shape index (κ1) is 15.3. The van der Waals surface area contributed by atoms with E-state index in [4.69, 9.17) is 0 Å². The highest BCUT2D eigenvalue weighted by atomic mass is 19.4. The van der Waals surface area contributed by atoms with Crippen molar-refractivity contribution >= 4 is 0 Å². The molecular weight excluding hydrogens is 287 g/mol. The Balaban J connectivity index is 3.53. The summed E-state index contributed by atoms with van der Waals surface area (Å²) in [6.07, 6.45) is -10.2. The van der Waals surface area contributed by atoms with Gasteiger partial charge in [-0.3, -0.25) is 4.98 Å². The Morgan fingerprint density at radius 1 is 1.16 bits per heavy atom. The Hall–Kier alpha value is -1.74. The first-order valence-electron chi connectivity index (χ1n) is 4.55. The van der Waals surface area contributed by atoms with Gasteiger partial charge in [-0.1, -0.05) is 0 Å². The van der Waals surface area contributed by atoms with Crippen molar-refractivity contribution in [3.63, 3.8) is 0 Å². The molecule has 0 N–H and O–H groups in total. The summed E-state index contributed by atoms with van der Waals surface area (Å²) in [4.78, 5) is 3.10. The summed E-state index contributed by atoms with van der Waals surface area (Å²) in [6, 6.07) is 0. The Morgan fingerprint density at radius 2 is 1.74 bits per heavy atom. The van der Waals surface area contributed by atoms with Crippen LogP contribution in [-0.4, -0.2) is 18.5 Å². The fourth-order valence-electron chi connectivity index (χ4n) is 1.26. The molecule has 0 aliphatic heterocycles. The number of pyridine rings is 1. The number of methoxy groups -OCH3 is 1. The van der Waals surface area contributed by atoms with E-state index < -0.39 is 42.0 Å². The van der Waals surface area contributed by atoms with E-state index in [1.807, 2.05) is 0 Å². The number of hydrogen-bond donors (Lipinski definition) is 0. The number of rotatable bonds is 3. The lowest BCUT2D eigenvalue weighted by atomic mass is 10.1. The predicted octanol–water partition coefficient (Wildman–Crippen LogP) is 3.48. The third-order valence-corrected chi connectivity index (χ3v) is 1.92. The Bertz CT molecular complexity index is 455. The third kappa shape index (κ3) is 3.61. The summed E-state index contributed by atoms with van der Waals surface area (Å²) in [5, 5.41) is 0. The molecule has 0 atom stereocenters. The van der Waals surface area contributed by atoms with Crippen LogP contribution in [-0.2, 0) is 12.9 Å². The molecule has 0 saturated carbocycles. The van der Waals surface area contributed by atoms with Gasteiger partial charge in [0.2, 0.25) is 0 Å². The van der Waals surface area contributed by atoms with Crippen molar-refractivity contribution in [2.45, 2.75) is 19.2 Å². The maximum absolute atomic E-state index is 12.7. The molecule has 19 heavy (non-hydrogen) atoms. The molecule has 0 radical (unpaired) electrons. The first-order chi connectivity index (χ1) is 8.60. The molecule has 108 valence electrons. The van der Waals surface area contributed by atoms with Gasteiger partial charge in [-0.05, 0) is 0 Å². The average Bonchev–Trinajstić information content (AvgIpc) is 2.24. The van der Waals surface area contributed by atoms with Crippen molar-refractivity contribution in [3.05, 3.63) is 17.5 Å². The van der Waals surface area contributed by atoms with Gasteiger partial charge in [0, 0.05) is 0 Å². The van der Waals surface area contributed by atoms with E-state index in [0.717, 1.165) is 7.11 Å². The monoisotopic (exact) mass is 293 g/mol. The van der Waals surface area contributed by atoms with E-state index in [1.165, 1.54) is 0 Å². The number of alkyl halides is 7. The molecule has 0 aliphatic carbocycles. The van der Waals surface area contributed by atoms with Crippen molar-refractivity contribution in [1.29, 1.82) is 0 Å². The summed E-state index contributed by atoms with van der Waals surface area (Å²) in [5.74, 6) is -2.74. The number of halogens is 7. The second kappa shape index (κ2) is 5.10. The van der Waals surface area contributed by atoms with Gasteiger partial charge in [-0.2, -0.15) is 13.2 Å². The second-order valence-corrected chi connectivity index (χ2v) is 3.16. The van der Waals surface area contributed by atoms with E-state index in [1.54, 1.807) is 0 Å². The Kier molecular flexibility index (Phi) is 4.11. The lowest BCUT2D eigenvalue weighted by Gasteiger charge is -2.19.